The van der Waals surface area contributed by atoms with Gasteiger partial charge in [-0.05, 0) is 38.8 Å². The van der Waals surface area contributed by atoms with Crippen LogP contribution in [0.25, 0.3) is 6.08 Å². The first kappa shape index (κ1) is 12.2. The number of rotatable bonds is 7. The van der Waals surface area contributed by atoms with Crippen LogP contribution in [0, 0.1) is 0 Å². The predicted molar refractivity (Wildman–Crippen MR) is 69.1 cm³/mol. The molecule has 0 atom stereocenters. The molecule has 0 saturated heterocycles. The molecule has 1 fully saturated rings. The Balaban J connectivity index is 1.86. The fourth-order valence-electron chi connectivity index (χ4n) is 1.81. The third kappa shape index (κ3) is 3.33. The molecule has 0 amide bonds. The van der Waals surface area contributed by atoms with Crippen LogP contribution < -0.4 is 10.1 Å². The lowest BCUT2D eigenvalue weighted by Gasteiger charge is -2.02. The van der Waals surface area contributed by atoms with E-state index in [1.165, 1.54) is 12.8 Å². The van der Waals surface area contributed by atoms with E-state index in [9.17, 15) is 0 Å². The summed E-state index contributed by atoms with van der Waals surface area (Å²) in [6, 6.07) is 0.791. The number of nitrogens with zero attached hydrogens (tertiary/aromatic N) is 2. The minimum Gasteiger partial charge on any atom is -0.493 e. The molecule has 1 N–H and O–H groups in total. The van der Waals surface area contributed by atoms with Crippen molar-refractivity contribution < 1.29 is 4.74 Å². The topological polar surface area (TPSA) is 39.1 Å². The summed E-state index contributed by atoms with van der Waals surface area (Å²) < 4.78 is 7.23. The third-order valence-corrected chi connectivity index (χ3v) is 2.96. The van der Waals surface area contributed by atoms with Gasteiger partial charge in [-0.15, -0.1) is 0 Å². The summed E-state index contributed by atoms with van der Waals surface area (Å²) in [5.74, 6) is 0.846. The van der Waals surface area contributed by atoms with E-state index in [4.69, 9.17) is 4.74 Å². The molecule has 1 aliphatic rings. The summed E-state index contributed by atoms with van der Waals surface area (Å²) in [5, 5.41) is 7.76. The Morgan fingerprint density at radius 1 is 1.59 bits per heavy atom. The molecule has 4 nitrogen and oxygen atoms in total. The Morgan fingerprint density at radius 2 is 2.41 bits per heavy atom. The van der Waals surface area contributed by atoms with Crippen LogP contribution in [0.2, 0.25) is 0 Å². The van der Waals surface area contributed by atoms with E-state index in [-0.39, 0.29) is 0 Å². The summed E-state index contributed by atoms with van der Waals surface area (Å²) in [4.78, 5) is 0. The lowest BCUT2D eigenvalue weighted by atomic mass is 10.3. The minimum atomic E-state index is 0.791. The van der Waals surface area contributed by atoms with Crippen LogP contribution in [-0.2, 0) is 6.54 Å². The smallest absolute Gasteiger partial charge is 0.164 e. The molecule has 1 heterocycles. The number of aromatic nitrogens is 2. The predicted octanol–water partition coefficient (Wildman–Crippen LogP) is 2.07. The van der Waals surface area contributed by atoms with Gasteiger partial charge in [0.05, 0.1) is 13.3 Å². The second-order valence-electron chi connectivity index (χ2n) is 4.33. The van der Waals surface area contributed by atoms with Gasteiger partial charge in [-0.2, -0.15) is 5.10 Å². The summed E-state index contributed by atoms with van der Waals surface area (Å²) >= 11 is 0. The van der Waals surface area contributed by atoms with Crippen molar-refractivity contribution in [1.82, 2.24) is 15.1 Å². The molecule has 2 rings (SSSR count). The highest BCUT2D eigenvalue weighted by molar-refractivity contribution is 5.52. The monoisotopic (exact) mass is 235 g/mol. The highest BCUT2D eigenvalue weighted by Crippen LogP contribution is 2.20. The van der Waals surface area contributed by atoms with E-state index in [2.05, 4.69) is 29.5 Å². The Labute approximate surface area is 103 Å². The molecule has 0 aliphatic heterocycles. The molecular weight excluding hydrogens is 214 g/mol. The average Bonchev–Trinajstić information content (AvgIpc) is 3.08. The third-order valence-electron chi connectivity index (χ3n) is 2.96. The maximum atomic E-state index is 5.28. The first-order chi connectivity index (χ1) is 8.35. The molecule has 0 aromatic carbocycles. The summed E-state index contributed by atoms with van der Waals surface area (Å²) in [6.45, 7) is 4.01. The zero-order chi connectivity index (χ0) is 12.1. The van der Waals surface area contributed by atoms with Gasteiger partial charge in [0, 0.05) is 12.6 Å². The second-order valence-corrected chi connectivity index (χ2v) is 4.33. The average molecular weight is 235 g/mol. The van der Waals surface area contributed by atoms with Gasteiger partial charge in [0.1, 0.15) is 5.69 Å². The Kier molecular flexibility index (Phi) is 4.20. The molecule has 1 aromatic heterocycles. The number of hydrogen-bond donors (Lipinski definition) is 1. The van der Waals surface area contributed by atoms with Gasteiger partial charge in [0.25, 0.3) is 0 Å². The van der Waals surface area contributed by atoms with Crippen molar-refractivity contribution in [3.8, 4) is 5.75 Å². The molecule has 1 saturated carbocycles. The lowest BCUT2D eigenvalue weighted by molar-refractivity contribution is 0.412. The van der Waals surface area contributed by atoms with Gasteiger partial charge in [0.15, 0.2) is 5.75 Å². The van der Waals surface area contributed by atoms with Gasteiger partial charge < -0.3 is 10.1 Å². The minimum absolute atomic E-state index is 0.791. The second kappa shape index (κ2) is 5.87. The summed E-state index contributed by atoms with van der Waals surface area (Å²) in [7, 11) is 1.68. The number of ether oxygens (including phenoxy) is 1. The van der Waals surface area contributed by atoms with Crippen molar-refractivity contribution in [1.29, 1.82) is 0 Å². The van der Waals surface area contributed by atoms with Crippen LogP contribution in [0.5, 0.6) is 5.75 Å². The van der Waals surface area contributed by atoms with Crippen LogP contribution in [0.15, 0.2) is 12.3 Å². The highest BCUT2D eigenvalue weighted by atomic mass is 16.5. The molecule has 0 radical (unpaired) electrons. The maximum absolute atomic E-state index is 5.28. The van der Waals surface area contributed by atoms with E-state index < -0.39 is 0 Å². The largest absolute Gasteiger partial charge is 0.493 e. The Hall–Kier alpha value is -1.29. The van der Waals surface area contributed by atoms with Crippen molar-refractivity contribution in [3.05, 3.63) is 18.0 Å². The molecule has 1 aromatic rings. The van der Waals surface area contributed by atoms with Crippen LogP contribution in [0.3, 0.4) is 0 Å². The quantitative estimate of drug-likeness (QED) is 0.735. The summed E-state index contributed by atoms with van der Waals surface area (Å²) in [6.07, 6.45) is 9.80. The molecule has 4 heteroatoms. The standard InChI is InChI=1S/C13H21N3O/c1-3-16-12(13(17-2)10-15-16)6-4-5-9-14-11-7-8-11/h4,6,10-11,14H,3,5,7-9H2,1-2H3/b6-4+. The fourth-order valence-corrected chi connectivity index (χ4v) is 1.81. The van der Waals surface area contributed by atoms with Crippen molar-refractivity contribution >= 4 is 6.08 Å². The van der Waals surface area contributed by atoms with Gasteiger partial charge in [-0.1, -0.05) is 6.08 Å². The fraction of sp³-hybridized carbons (Fsp3) is 0.615. The first-order valence-corrected chi connectivity index (χ1v) is 6.35. The molecule has 1 aliphatic carbocycles. The maximum Gasteiger partial charge on any atom is 0.164 e. The van der Waals surface area contributed by atoms with Crippen LogP contribution in [0.1, 0.15) is 31.9 Å². The van der Waals surface area contributed by atoms with E-state index >= 15 is 0 Å². The molecule has 0 bridgehead atoms. The molecule has 17 heavy (non-hydrogen) atoms. The van der Waals surface area contributed by atoms with E-state index in [1.54, 1.807) is 13.3 Å². The van der Waals surface area contributed by atoms with Crippen molar-refractivity contribution in [2.45, 2.75) is 38.8 Å². The highest BCUT2D eigenvalue weighted by Gasteiger charge is 2.19. The first-order valence-electron chi connectivity index (χ1n) is 6.35. The van der Waals surface area contributed by atoms with Gasteiger partial charge >= 0.3 is 0 Å². The Morgan fingerprint density at radius 3 is 3.06 bits per heavy atom. The van der Waals surface area contributed by atoms with Gasteiger partial charge in [-0.25, -0.2) is 0 Å². The zero-order valence-electron chi connectivity index (χ0n) is 10.6. The Bertz CT molecular complexity index is 359. The van der Waals surface area contributed by atoms with E-state index in [1.807, 2.05) is 4.68 Å². The van der Waals surface area contributed by atoms with Crippen LogP contribution in [-0.4, -0.2) is 29.5 Å². The van der Waals surface area contributed by atoms with Crippen molar-refractivity contribution in [3.63, 3.8) is 0 Å². The normalized spacial score (nSPS) is 15.6. The molecule has 0 unspecified atom stereocenters. The molecule has 0 spiro atoms. The number of nitrogens with one attached hydrogen (secondary N) is 1. The van der Waals surface area contributed by atoms with Gasteiger partial charge in [0.2, 0.25) is 0 Å². The van der Waals surface area contributed by atoms with Crippen molar-refractivity contribution in [2.75, 3.05) is 13.7 Å². The van der Waals surface area contributed by atoms with Crippen LogP contribution in [0.4, 0.5) is 0 Å². The summed E-state index contributed by atoms with van der Waals surface area (Å²) in [5.41, 5.74) is 1.06. The number of hydrogen-bond acceptors (Lipinski definition) is 3. The van der Waals surface area contributed by atoms with E-state index in [0.717, 1.165) is 37.0 Å². The lowest BCUT2D eigenvalue weighted by Crippen LogP contribution is -2.16. The van der Waals surface area contributed by atoms with Crippen molar-refractivity contribution in [2.24, 2.45) is 0 Å². The van der Waals surface area contributed by atoms with Gasteiger partial charge in [-0.3, -0.25) is 4.68 Å². The number of methoxy groups -OCH3 is 1. The SMILES string of the molecule is CCn1ncc(OC)c1/C=C/CCNC1CC1. The molecule has 94 valence electrons. The molecular formula is C13H21N3O. The van der Waals surface area contributed by atoms with E-state index in [0.29, 0.717) is 0 Å². The number of aryl methyl sites for hydroxylation is 1. The zero-order valence-corrected chi connectivity index (χ0v) is 10.6. The van der Waals surface area contributed by atoms with Crippen LogP contribution >= 0.6 is 0 Å².